The van der Waals surface area contributed by atoms with Crippen LogP contribution in [0.5, 0.6) is 0 Å². The van der Waals surface area contributed by atoms with Gasteiger partial charge in [0.15, 0.2) is 11.6 Å². The zero-order chi connectivity index (χ0) is 16.1. The number of nitrogens with zero attached hydrogens (tertiary/aromatic N) is 1. The van der Waals surface area contributed by atoms with E-state index in [1.165, 1.54) is 0 Å². The van der Waals surface area contributed by atoms with Gasteiger partial charge in [0.2, 0.25) is 0 Å². The summed E-state index contributed by atoms with van der Waals surface area (Å²) in [5.74, 6) is -0.585. The smallest absolute Gasteiger partial charge is 0.194 e. The molecular formula is C18H23NO3. The molecule has 0 aromatic carbocycles. The summed E-state index contributed by atoms with van der Waals surface area (Å²) >= 11 is 0. The van der Waals surface area contributed by atoms with Crippen molar-refractivity contribution >= 4 is 11.6 Å². The van der Waals surface area contributed by atoms with E-state index in [0.717, 1.165) is 50.5 Å². The molecule has 0 heterocycles. The highest BCUT2D eigenvalue weighted by Crippen LogP contribution is 2.28. The van der Waals surface area contributed by atoms with Crippen LogP contribution in [0.2, 0.25) is 0 Å². The van der Waals surface area contributed by atoms with Gasteiger partial charge in [-0.05, 0) is 25.0 Å². The van der Waals surface area contributed by atoms with Crippen LogP contribution >= 0.6 is 0 Å². The number of aliphatic hydroxyl groups excluding tert-OH is 1. The van der Waals surface area contributed by atoms with Crippen molar-refractivity contribution < 1.29 is 14.7 Å². The van der Waals surface area contributed by atoms with Crippen LogP contribution in [0.1, 0.15) is 39.5 Å². The lowest BCUT2D eigenvalue weighted by Crippen LogP contribution is -2.27. The number of aliphatic hydroxyl groups is 1. The van der Waals surface area contributed by atoms with Crippen molar-refractivity contribution in [3.05, 3.63) is 46.9 Å². The van der Waals surface area contributed by atoms with Gasteiger partial charge in [0, 0.05) is 36.5 Å². The second-order valence-electron chi connectivity index (χ2n) is 5.64. The maximum absolute atomic E-state index is 12.3. The van der Waals surface area contributed by atoms with Crippen molar-refractivity contribution in [3.63, 3.8) is 0 Å². The number of carbonyl (C=O) groups excluding carboxylic acids is 2. The Morgan fingerprint density at radius 1 is 0.955 bits per heavy atom. The third kappa shape index (κ3) is 3.38. The number of allylic oxidation sites excluding steroid dienone is 6. The standard InChI is InChI=1S/C18H23NO3/c1-3-5-9-19(10-6-4-2)13-7-8-14(15(20)11-13)18-16(21)12-17(18)22/h7-8,11-12,21H,3-6,9-10H2,1-2H3. The van der Waals surface area contributed by atoms with Crippen molar-refractivity contribution in [1.82, 2.24) is 4.90 Å². The van der Waals surface area contributed by atoms with Crippen LogP contribution in [0.25, 0.3) is 0 Å². The third-order valence-electron chi connectivity index (χ3n) is 3.93. The van der Waals surface area contributed by atoms with Gasteiger partial charge in [0.05, 0.1) is 5.57 Å². The molecule has 4 nitrogen and oxygen atoms in total. The molecule has 0 spiro atoms. The van der Waals surface area contributed by atoms with Gasteiger partial charge >= 0.3 is 0 Å². The summed E-state index contributed by atoms with van der Waals surface area (Å²) in [5, 5.41) is 9.52. The van der Waals surface area contributed by atoms with Crippen LogP contribution in [0.3, 0.4) is 0 Å². The summed E-state index contributed by atoms with van der Waals surface area (Å²) in [6.07, 6.45) is 10.6. The average molecular weight is 301 g/mol. The maximum atomic E-state index is 12.3. The molecule has 22 heavy (non-hydrogen) atoms. The molecule has 2 aliphatic carbocycles. The SMILES string of the molecule is CCCCN(CCCC)C1=CC(=O)C(=C2C(=O)C=C2O)C=C1. The molecule has 0 atom stereocenters. The minimum atomic E-state index is -0.281. The topological polar surface area (TPSA) is 57.6 Å². The summed E-state index contributed by atoms with van der Waals surface area (Å²) in [5.41, 5.74) is 1.33. The van der Waals surface area contributed by atoms with E-state index in [2.05, 4.69) is 18.7 Å². The van der Waals surface area contributed by atoms with E-state index in [1.54, 1.807) is 12.2 Å². The first-order valence-corrected chi connectivity index (χ1v) is 7.97. The van der Waals surface area contributed by atoms with E-state index in [0.29, 0.717) is 5.57 Å². The lowest BCUT2D eigenvalue weighted by Gasteiger charge is -2.27. The Morgan fingerprint density at radius 3 is 2.05 bits per heavy atom. The summed E-state index contributed by atoms with van der Waals surface area (Å²) in [6, 6.07) is 0. The van der Waals surface area contributed by atoms with Gasteiger partial charge in [-0.15, -0.1) is 0 Å². The van der Waals surface area contributed by atoms with Crippen LogP contribution in [-0.2, 0) is 9.59 Å². The predicted octanol–water partition coefficient (Wildman–Crippen LogP) is 3.23. The quantitative estimate of drug-likeness (QED) is 0.733. The van der Waals surface area contributed by atoms with E-state index >= 15 is 0 Å². The Balaban J connectivity index is 2.17. The van der Waals surface area contributed by atoms with E-state index < -0.39 is 0 Å². The van der Waals surface area contributed by atoms with Gasteiger partial charge in [-0.1, -0.05) is 26.7 Å². The molecule has 0 unspecified atom stereocenters. The first kappa shape index (κ1) is 16.3. The molecule has 0 bridgehead atoms. The van der Waals surface area contributed by atoms with Gasteiger partial charge in [-0.25, -0.2) is 0 Å². The predicted molar refractivity (Wildman–Crippen MR) is 86.4 cm³/mol. The second kappa shape index (κ2) is 7.25. The first-order chi connectivity index (χ1) is 10.6. The highest BCUT2D eigenvalue weighted by Gasteiger charge is 2.29. The Morgan fingerprint density at radius 2 is 1.59 bits per heavy atom. The summed E-state index contributed by atoms with van der Waals surface area (Å²) in [7, 11) is 0. The van der Waals surface area contributed by atoms with Crippen LogP contribution in [0.4, 0.5) is 0 Å². The highest BCUT2D eigenvalue weighted by atomic mass is 16.3. The fourth-order valence-electron chi connectivity index (χ4n) is 2.57. The molecule has 2 rings (SSSR count). The average Bonchev–Trinajstić information content (AvgIpc) is 2.49. The van der Waals surface area contributed by atoms with Crippen LogP contribution in [0, 0.1) is 0 Å². The summed E-state index contributed by atoms with van der Waals surface area (Å²) in [4.78, 5) is 26.0. The molecule has 2 aliphatic rings. The van der Waals surface area contributed by atoms with Gasteiger partial charge in [0.25, 0.3) is 0 Å². The fraction of sp³-hybridized carbons (Fsp3) is 0.444. The largest absolute Gasteiger partial charge is 0.507 e. The lowest BCUT2D eigenvalue weighted by atomic mass is 9.88. The normalized spacial score (nSPS) is 20.6. The Hall–Kier alpha value is -2.10. The Kier molecular flexibility index (Phi) is 5.36. The number of unbranched alkanes of at least 4 members (excludes halogenated alkanes) is 2. The van der Waals surface area contributed by atoms with Crippen molar-refractivity contribution in [2.75, 3.05) is 13.1 Å². The number of hydrogen-bond donors (Lipinski definition) is 1. The Labute approximate surface area is 131 Å². The Bertz CT molecular complexity index is 585. The molecule has 0 aliphatic heterocycles. The molecule has 1 N–H and O–H groups in total. The van der Waals surface area contributed by atoms with E-state index in [-0.39, 0.29) is 22.9 Å². The molecule has 0 saturated carbocycles. The maximum Gasteiger partial charge on any atom is 0.194 e. The van der Waals surface area contributed by atoms with Crippen molar-refractivity contribution in [2.45, 2.75) is 39.5 Å². The van der Waals surface area contributed by atoms with Gasteiger partial charge in [-0.2, -0.15) is 0 Å². The molecule has 0 amide bonds. The van der Waals surface area contributed by atoms with E-state index in [9.17, 15) is 14.7 Å². The molecule has 4 heteroatoms. The van der Waals surface area contributed by atoms with Crippen molar-refractivity contribution in [1.29, 1.82) is 0 Å². The van der Waals surface area contributed by atoms with Gasteiger partial charge in [-0.3, -0.25) is 9.59 Å². The van der Waals surface area contributed by atoms with E-state index in [4.69, 9.17) is 0 Å². The molecule has 0 radical (unpaired) electrons. The first-order valence-electron chi connectivity index (χ1n) is 7.97. The number of rotatable bonds is 7. The zero-order valence-corrected chi connectivity index (χ0v) is 13.3. The molecule has 0 saturated heterocycles. The second-order valence-corrected chi connectivity index (χ2v) is 5.64. The molecular weight excluding hydrogens is 278 g/mol. The molecule has 0 fully saturated rings. The van der Waals surface area contributed by atoms with Crippen molar-refractivity contribution in [2.24, 2.45) is 0 Å². The fourth-order valence-corrected chi connectivity index (χ4v) is 2.57. The van der Waals surface area contributed by atoms with Crippen LogP contribution in [0.15, 0.2) is 46.9 Å². The highest BCUT2D eigenvalue weighted by molar-refractivity contribution is 6.22. The number of carbonyl (C=O) groups is 2. The van der Waals surface area contributed by atoms with E-state index in [1.807, 2.05) is 6.08 Å². The summed E-state index contributed by atoms with van der Waals surface area (Å²) < 4.78 is 0. The minimum absolute atomic E-state index is 0.0938. The monoisotopic (exact) mass is 301 g/mol. The molecule has 0 aromatic heterocycles. The minimum Gasteiger partial charge on any atom is -0.507 e. The molecule has 118 valence electrons. The van der Waals surface area contributed by atoms with Gasteiger partial charge in [0.1, 0.15) is 5.76 Å². The summed E-state index contributed by atoms with van der Waals surface area (Å²) in [6.45, 7) is 6.15. The number of ketones is 2. The van der Waals surface area contributed by atoms with Crippen LogP contribution in [-0.4, -0.2) is 34.7 Å². The molecule has 0 aromatic rings. The lowest BCUT2D eigenvalue weighted by molar-refractivity contribution is -0.114. The van der Waals surface area contributed by atoms with Crippen LogP contribution < -0.4 is 0 Å². The number of hydrogen-bond acceptors (Lipinski definition) is 4. The zero-order valence-electron chi connectivity index (χ0n) is 13.3. The van der Waals surface area contributed by atoms with Gasteiger partial charge < -0.3 is 10.0 Å². The van der Waals surface area contributed by atoms with Crippen molar-refractivity contribution in [3.8, 4) is 0 Å². The third-order valence-corrected chi connectivity index (χ3v) is 3.93.